The normalized spacial score (nSPS) is 10.1. The molecule has 2 rings (SSSR count). The lowest BCUT2D eigenvalue weighted by atomic mass is 10.0. The minimum atomic E-state index is -0.528. The van der Waals surface area contributed by atoms with Crippen molar-refractivity contribution in [1.29, 1.82) is 0 Å². The average Bonchev–Trinajstić information content (AvgIpc) is 2.29. The van der Waals surface area contributed by atoms with E-state index in [2.05, 4.69) is 6.07 Å². The molecule has 79 valence electrons. The molecule has 0 aliphatic carbocycles. The first-order valence-corrected chi connectivity index (χ1v) is 4.59. The highest BCUT2D eigenvalue weighted by Crippen LogP contribution is 2.29. The van der Waals surface area contributed by atoms with Gasteiger partial charge in [0, 0.05) is 0 Å². The molecule has 0 amide bonds. The van der Waals surface area contributed by atoms with Crippen LogP contribution in [0.15, 0.2) is 42.5 Å². The third-order valence-electron chi connectivity index (χ3n) is 2.15. The first kappa shape index (κ1) is 10.3. The highest BCUT2D eigenvalue weighted by molar-refractivity contribution is 5.72. The molecule has 0 saturated carbocycles. The Morgan fingerprint density at radius 3 is 2.75 bits per heavy atom. The van der Waals surface area contributed by atoms with Crippen molar-refractivity contribution in [3.8, 4) is 11.1 Å². The summed E-state index contributed by atoms with van der Waals surface area (Å²) in [5, 5.41) is 10.8. The molecular weight excluding hydrogens is 209 g/mol. The summed E-state index contributed by atoms with van der Waals surface area (Å²) in [5.74, 6) is -0.421. The van der Waals surface area contributed by atoms with Crippen LogP contribution < -0.4 is 0 Å². The fourth-order valence-electron chi connectivity index (χ4n) is 1.47. The summed E-state index contributed by atoms with van der Waals surface area (Å²) in [5.41, 5.74) is 0.698. The van der Waals surface area contributed by atoms with Crippen molar-refractivity contribution in [2.24, 2.45) is 0 Å². The van der Waals surface area contributed by atoms with Gasteiger partial charge in [0.1, 0.15) is 5.82 Å². The van der Waals surface area contributed by atoms with Gasteiger partial charge in [0.25, 0.3) is 5.69 Å². The SMILES string of the molecule is O=[N+]([O-])c1[c]cccc1-c1cccc(F)c1. The number of para-hydroxylation sites is 1. The van der Waals surface area contributed by atoms with E-state index < -0.39 is 10.7 Å². The Balaban J connectivity index is 2.60. The van der Waals surface area contributed by atoms with Gasteiger partial charge in [0.05, 0.1) is 16.6 Å². The number of halogens is 1. The monoisotopic (exact) mass is 216 g/mol. The van der Waals surface area contributed by atoms with Crippen molar-refractivity contribution in [1.82, 2.24) is 0 Å². The van der Waals surface area contributed by atoms with Crippen LogP contribution in [0.4, 0.5) is 10.1 Å². The summed E-state index contributed by atoms with van der Waals surface area (Å²) in [6.07, 6.45) is 0. The molecule has 0 bridgehead atoms. The maximum atomic E-state index is 13.0. The summed E-state index contributed by atoms with van der Waals surface area (Å²) in [4.78, 5) is 10.2. The molecule has 0 heterocycles. The number of hydrogen-bond donors (Lipinski definition) is 0. The summed E-state index contributed by atoms with van der Waals surface area (Å²) < 4.78 is 13.0. The van der Waals surface area contributed by atoms with Crippen molar-refractivity contribution >= 4 is 5.69 Å². The summed E-state index contributed by atoms with van der Waals surface area (Å²) in [6, 6.07) is 12.9. The molecule has 0 atom stereocenters. The summed E-state index contributed by atoms with van der Waals surface area (Å²) in [7, 11) is 0. The maximum Gasteiger partial charge on any atom is 0.285 e. The van der Waals surface area contributed by atoms with E-state index in [0.717, 1.165) is 0 Å². The van der Waals surface area contributed by atoms with E-state index in [1.165, 1.54) is 24.3 Å². The van der Waals surface area contributed by atoms with Crippen molar-refractivity contribution in [3.05, 3.63) is 64.5 Å². The van der Waals surface area contributed by atoms with Crippen LogP contribution in [0.1, 0.15) is 0 Å². The number of nitro groups is 1. The van der Waals surface area contributed by atoms with Gasteiger partial charge in [-0.05, 0) is 29.8 Å². The second-order valence-electron chi connectivity index (χ2n) is 3.20. The first-order valence-electron chi connectivity index (χ1n) is 4.59. The minimum absolute atomic E-state index is 0.145. The molecule has 0 aliphatic rings. The highest BCUT2D eigenvalue weighted by Gasteiger charge is 2.14. The van der Waals surface area contributed by atoms with Gasteiger partial charge in [-0.2, -0.15) is 0 Å². The van der Waals surface area contributed by atoms with Gasteiger partial charge in [-0.15, -0.1) is 0 Å². The lowest BCUT2D eigenvalue weighted by molar-refractivity contribution is -0.384. The highest BCUT2D eigenvalue weighted by atomic mass is 19.1. The number of hydrogen-bond acceptors (Lipinski definition) is 2. The smallest absolute Gasteiger partial charge is 0.258 e. The largest absolute Gasteiger partial charge is 0.285 e. The minimum Gasteiger partial charge on any atom is -0.258 e. The zero-order chi connectivity index (χ0) is 11.5. The number of benzene rings is 2. The molecule has 3 nitrogen and oxygen atoms in total. The van der Waals surface area contributed by atoms with Crippen LogP contribution >= 0.6 is 0 Å². The third kappa shape index (κ3) is 1.91. The molecule has 0 fully saturated rings. The number of nitrogens with zero attached hydrogens (tertiary/aromatic N) is 1. The molecule has 0 aliphatic heterocycles. The Hall–Kier alpha value is -2.23. The topological polar surface area (TPSA) is 43.1 Å². The fraction of sp³-hybridized carbons (Fsp3) is 0. The van der Waals surface area contributed by atoms with E-state index in [1.807, 2.05) is 0 Å². The molecule has 16 heavy (non-hydrogen) atoms. The Labute approximate surface area is 91.3 Å². The van der Waals surface area contributed by atoms with Crippen LogP contribution in [0.5, 0.6) is 0 Å². The lowest BCUT2D eigenvalue weighted by Gasteiger charge is -2.02. The maximum absolute atomic E-state index is 13.0. The van der Waals surface area contributed by atoms with Crippen LogP contribution in [0.2, 0.25) is 0 Å². The fourth-order valence-corrected chi connectivity index (χ4v) is 1.47. The second-order valence-corrected chi connectivity index (χ2v) is 3.20. The molecule has 0 aromatic heterocycles. The van der Waals surface area contributed by atoms with Crippen molar-refractivity contribution in [2.75, 3.05) is 0 Å². The number of rotatable bonds is 2. The Morgan fingerprint density at radius 1 is 1.25 bits per heavy atom. The Bertz CT molecular complexity index is 540. The van der Waals surface area contributed by atoms with E-state index in [9.17, 15) is 14.5 Å². The molecule has 2 aromatic carbocycles. The standard InChI is InChI=1S/C12H7FNO2/c13-10-5-3-4-9(8-10)11-6-1-2-7-12(11)14(15)16/h1-6,8H. The van der Waals surface area contributed by atoms with E-state index in [0.29, 0.717) is 11.1 Å². The van der Waals surface area contributed by atoms with Crippen molar-refractivity contribution < 1.29 is 9.31 Å². The molecule has 4 heteroatoms. The van der Waals surface area contributed by atoms with Gasteiger partial charge >= 0.3 is 0 Å². The van der Waals surface area contributed by atoms with Crippen LogP contribution in [0.25, 0.3) is 11.1 Å². The van der Waals surface area contributed by atoms with Crippen LogP contribution in [0.3, 0.4) is 0 Å². The molecular formula is C12H7FNO2. The van der Waals surface area contributed by atoms with Crippen LogP contribution in [0, 0.1) is 22.0 Å². The predicted octanol–water partition coefficient (Wildman–Crippen LogP) is 3.20. The summed E-state index contributed by atoms with van der Waals surface area (Å²) >= 11 is 0. The van der Waals surface area contributed by atoms with Crippen LogP contribution in [-0.4, -0.2) is 4.92 Å². The quantitative estimate of drug-likeness (QED) is 0.571. The zero-order valence-corrected chi connectivity index (χ0v) is 8.18. The van der Waals surface area contributed by atoms with Gasteiger partial charge in [-0.3, -0.25) is 10.1 Å². The van der Waals surface area contributed by atoms with E-state index in [4.69, 9.17) is 0 Å². The van der Waals surface area contributed by atoms with Gasteiger partial charge in [0.15, 0.2) is 0 Å². The van der Waals surface area contributed by atoms with Gasteiger partial charge in [0.2, 0.25) is 0 Å². The van der Waals surface area contributed by atoms with Gasteiger partial charge < -0.3 is 0 Å². The predicted molar refractivity (Wildman–Crippen MR) is 57.3 cm³/mol. The molecule has 1 radical (unpaired) electrons. The molecule has 0 spiro atoms. The molecule has 0 saturated heterocycles. The lowest BCUT2D eigenvalue weighted by Crippen LogP contribution is -1.92. The van der Waals surface area contributed by atoms with Crippen molar-refractivity contribution in [3.63, 3.8) is 0 Å². The summed E-state index contributed by atoms with van der Waals surface area (Å²) in [6.45, 7) is 0. The molecule has 0 unspecified atom stereocenters. The van der Waals surface area contributed by atoms with Gasteiger partial charge in [-0.25, -0.2) is 4.39 Å². The van der Waals surface area contributed by atoms with E-state index in [1.54, 1.807) is 18.2 Å². The molecule has 2 aromatic rings. The average molecular weight is 216 g/mol. The second kappa shape index (κ2) is 4.10. The Kier molecular flexibility index (Phi) is 2.64. The third-order valence-corrected chi connectivity index (χ3v) is 2.15. The van der Waals surface area contributed by atoms with Crippen molar-refractivity contribution in [2.45, 2.75) is 0 Å². The molecule has 0 N–H and O–H groups in total. The van der Waals surface area contributed by atoms with Gasteiger partial charge in [-0.1, -0.05) is 18.2 Å². The number of nitro benzene ring substituents is 1. The first-order chi connectivity index (χ1) is 7.68. The Morgan fingerprint density at radius 2 is 2.06 bits per heavy atom. The van der Waals surface area contributed by atoms with E-state index >= 15 is 0 Å². The van der Waals surface area contributed by atoms with Crippen LogP contribution in [-0.2, 0) is 0 Å². The van der Waals surface area contributed by atoms with E-state index in [-0.39, 0.29) is 5.69 Å². The zero-order valence-electron chi connectivity index (χ0n) is 8.18.